The molecule has 10 heteroatoms. The number of benzene rings is 1. The van der Waals surface area contributed by atoms with Gasteiger partial charge in [-0.15, -0.1) is 0 Å². The molecule has 6 rings (SSSR count). The van der Waals surface area contributed by atoms with Crippen LogP contribution in [0.15, 0.2) is 30.3 Å². The second-order valence-corrected chi connectivity index (χ2v) is 10.1. The van der Waals surface area contributed by atoms with Gasteiger partial charge in [-0.1, -0.05) is 6.07 Å². The molecule has 1 unspecified atom stereocenters. The maximum absolute atomic E-state index is 12.9. The molecule has 1 atom stereocenters. The van der Waals surface area contributed by atoms with Crippen molar-refractivity contribution in [3.63, 3.8) is 0 Å². The molecule has 2 fully saturated rings. The largest absolute Gasteiger partial charge is 0.454 e. The van der Waals surface area contributed by atoms with E-state index >= 15 is 0 Å². The molecule has 0 aliphatic carbocycles. The standard InChI is InChI=1S/C25H30N6O3S/c32-24(31-12-10-30(11-13-31)23-6-4-20-25(26-23)28-35-27-20)7-9-29-8-1-2-19(16-29)14-18-3-5-21-22(15-18)34-17-33-21/h3-6,15,19H,1-2,7-14,16-17H2. The van der Waals surface area contributed by atoms with Crippen LogP contribution in [0, 0.1) is 5.92 Å². The number of hydrogen-bond donors (Lipinski definition) is 0. The van der Waals surface area contributed by atoms with Crippen LogP contribution < -0.4 is 14.4 Å². The lowest BCUT2D eigenvalue weighted by atomic mass is 9.91. The Kier molecular flexibility index (Phi) is 6.39. The smallest absolute Gasteiger partial charge is 0.231 e. The number of piperazine rings is 1. The Morgan fingerprint density at radius 2 is 1.91 bits per heavy atom. The predicted molar refractivity (Wildman–Crippen MR) is 134 cm³/mol. The van der Waals surface area contributed by atoms with E-state index in [4.69, 9.17) is 9.47 Å². The van der Waals surface area contributed by atoms with Crippen LogP contribution in [0.5, 0.6) is 11.5 Å². The van der Waals surface area contributed by atoms with Gasteiger partial charge in [-0.25, -0.2) is 4.98 Å². The van der Waals surface area contributed by atoms with Gasteiger partial charge in [0, 0.05) is 45.7 Å². The average molecular weight is 495 g/mol. The first-order valence-electron chi connectivity index (χ1n) is 12.4. The second-order valence-electron chi connectivity index (χ2n) is 9.59. The highest BCUT2D eigenvalue weighted by molar-refractivity contribution is 7.00. The Balaban J connectivity index is 0.962. The highest BCUT2D eigenvalue weighted by Crippen LogP contribution is 2.34. The normalized spacial score (nSPS) is 20.5. The first-order valence-corrected chi connectivity index (χ1v) is 13.2. The summed E-state index contributed by atoms with van der Waals surface area (Å²) in [5.41, 5.74) is 2.84. The number of nitrogens with zero attached hydrogens (tertiary/aromatic N) is 6. The molecule has 0 bridgehead atoms. The number of hydrogen-bond acceptors (Lipinski definition) is 9. The quantitative estimate of drug-likeness (QED) is 0.517. The number of aromatic nitrogens is 3. The van der Waals surface area contributed by atoms with Gasteiger partial charge >= 0.3 is 0 Å². The molecule has 1 aromatic carbocycles. The van der Waals surface area contributed by atoms with Gasteiger partial charge in [0.1, 0.15) is 11.3 Å². The predicted octanol–water partition coefficient (Wildman–Crippen LogP) is 2.81. The summed E-state index contributed by atoms with van der Waals surface area (Å²) < 4.78 is 19.4. The maximum atomic E-state index is 12.9. The van der Waals surface area contributed by atoms with E-state index in [2.05, 4.69) is 35.7 Å². The molecule has 0 saturated carbocycles. The molecule has 3 aliphatic rings. The first kappa shape index (κ1) is 22.5. The van der Waals surface area contributed by atoms with E-state index in [0.29, 0.717) is 24.8 Å². The Morgan fingerprint density at radius 1 is 1.03 bits per heavy atom. The van der Waals surface area contributed by atoms with E-state index in [1.807, 2.05) is 23.1 Å². The minimum absolute atomic E-state index is 0.259. The van der Waals surface area contributed by atoms with Crippen LogP contribution in [0.1, 0.15) is 24.8 Å². The number of carbonyl (C=O) groups excluding carboxylic acids is 1. The third-order valence-corrected chi connectivity index (χ3v) is 7.80. The van der Waals surface area contributed by atoms with Gasteiger partial charge < -0.3 is 24.2 Å². The summed E-state index contributed by atoms with van der Waals surface area (Å²) in [4.78, 5) is 24.3. The van der Waals surface area contributed by atoms with Crippen molar-refractivity contribution in [3.05, 3.63) is 35.9 Å². The Bertz CT molecular complexity index is 1190. The van der Waals surface area contributed by atoms with Crippen molar-refractivity contribution in [1.29, 1.82) is 0 Å². The average Bonchev–Trinajstić information content (AvgIpc) is 3.56. The van der Waals surface area contributed by atoms with Gasteiger partial charge in [0.25, 0.3) is 0 Å². The fraction of sp³-hybridized carbons (Fsp3) is 0.520. The minimum Gasteiger partial charge on any atom is -0.454 e. The summed E-state index contributed by atoms with van der Waals surface area (Å²) >= 11 is 1.19. The summed E-state index contributed by atoms with van der Waals surface area (Å²) in [6.45, 7) is 6.35. The highest BCUT2D eigenvalue weighted by atomic mass is 32.1. The lowest BCUT2D eigenvalue weighted by Crippen LogP contribution is -2.49. The molecule has 3 aliphatic heterocycles. The van der Waals surface area contributed by atoms with Crippen LogP contribution >= 0.6 is 11.7 Å². The van der Waals surface area contributed by atoms with Gasteiger partial charge in [-0.3, -0.25) is 4.79 Å². The van der Waals surface area contributed by atoms with E-state index in [1.165, 1.54) is 30.1 Å². The summed E-state index contributed by atoms with van der Waals surface area (Å²) in [5.74, 6) is 3.49. The number of fused-ring (bicyclic) bond motifs is 2. The van der Waals surface area contributed by atoms with Crippen molar-refractivity contribution in [3.8, 4) is 11.5 Å². The van der Waals surface area contributed by atoms with Crippen LogP contribution in [-0.4, -0.2) is 82.0 Å². The SMILES string of the molecule is O=C(CCN1CCCC(Cc2ccc3c(c2)OCO3)C1)N1CCN(c2ccc3nsnc3n2)CC1. The Labute approximate surface area is 209 Å². The molecule has 1 amide bonds. The van der Waals surface area contributed by atoms with Crippen LogP contribution in [0.25, 0.3) is 11.2 Å². The van der Waals surface area contributed by atoms with Gasteiger partial charge in [-0.05, 0) is 61.6 Å². The molecule has 35 heavy (non-hydrogen) atoms. The molecule has 0 spiro atoms. The van der Waals surface area contributed by atoms with Crippen LogP contribution in [0.2, 0.25) is 0 Å². The highest BCUT2D eigenvalue weighted by Gasteiger charge is 2.25. The van der Waals surface area contributed by atoms with Crippen molar-refractivity contribution in [2.75, 3.05) is 57.5 Å². The van der Waals surface area contributed by atoms with Crippen LogP contribution in [-0.2, 0) is 11.2 Å². The van der Waals surface area contributed by atoms with Gasteiger partial charge in [0.15, 0.2) is 17.1 Å². The van der Waals surface area contributed by atoms with Crippen molar-refractivity contribution >= 4 is 34.6 Å². The number of likely N-dealkylation sites (tertiary alicyclic amines) is 1. The second kappa shape index (κ2) is 9.94. The maximum Gasteiger partial charge on any atom is 0.231 e. The van der Waals surface area contributed by atoms with Crippen LogP contribution in [0.4, 0.5) is 5.82 Å². The molecule has 2 saturated heterocycles. The Hall–Kier alpha value is -2.98. The lowest BCUT2D eigenvalue weighted by molar-refractivity contribution is -0.131. The number of amides is 1. The number of carbonyl (C=O) groups is 1. The van der Waals surface area contributed by atoms with Crippen molar-refractivity contribution < 1.29 is 14.3 Å². The van der Waals surface area contributed by atoms with E-state index in [9.17, 15) is 4.79 Å². The Morgan fingerprint density at radius 3 is 2.83 bits per heavy atom. The zero-order valence-corrected chi connectivity index (χ0v) is 20.6. The first-order chi connectivity index (χ1) is 17.2. The molecular formula is C25H30N6O3S. The third kappa shape index (κ3) is 5.04. The number of anilines is 1. The fourth-order valence-electron chi connectivity index (χ4n) is 5.37. The molecular weight excluding hydrogens is 464 g/mol. The van der Waals surface area contributed by atoms with Gasteiger partial charge in [0.05, 0.1) is 11.7 Å². The molecule has 3 aromatic rings. The third-order valence-electron chi connectivity index (χ3n) is 7.27. The van der Waals surface area contributed by atoms with E-state index < -0.39 is 0 Å². The van der Waals surface area contributed by atoms with E-state index in [1.54, 1.807) is 0 Å². The molecule has 184 valence electrons. The lowest BCUT2D eigenvalue weighted by Gasteiger charge is -2.36. The van der Waals surface area contributed by atoms with Crippen molar-refractivity contribution in [2.24, 2.45) is 5.92 Å². The van der Waals surface area contributed by atoms with E-state index in [-0.39, 0.29) is 5.91 Å². The molecule has 0 N–H and O–H groups in total. The van der Waals surface area contributed by atoms with Crippen molar-refractivity contribution in [2.45, 2.75) is 25.7 Å². The van der Waals surface area contributed by atoms with Gasteiger partial charge in [-0.2, -0.15) is 8.75 Å². The number of rotatable bonds is 6. The summed E-state index contributed by atoms with van der Waals surface area (Å²) in [5, 5.41) is 0. The van der Waals surface area contributed by atoms with E-state index in [0.717, 1.165) is 75.1 Å². The number of pyridine rings is 1. The topological polar surface area (TPSA) is 83.9 Å². The minimum atomic E-state index is 0.259. The fourth-order valence-corrected chi connectivity index (χ4v) is 5.85. The zero-order valence-electron chi connectivity index (χ0n) is 19.8. The van der Waals surface area contributed by atoms with Crippen molar-refractivity contribution in [1.82, 2.24) is 23.5 Å². The number of piperidine rings is 1. The monoisotopic (exact) mass is 494 g/mol. The number of ether oxygens (including phenoxy) is 2. The zero-order chi connectivity index (χ0) is 23.6. The van der Waals surface area contributed by atoms with Gasteiger partial charge in [0.2, 0.25) is 12.7 Å². The molecule has 9 nitrogen and oxygen atoms in total. The summed E-state index contributed by atoms with van der Waals surface area (Å²) in [6.07, 6.45) is 4.05. The summed E-state index contributed by atoms with van der Waals surface area (Å²) in [7, 11) is 0. The summed E-state index contributed by atoms with van der Waals surface area (Å²) in [6, 6.07) is 10.2. The van der Waals surface area contributed by atoms with Crippen LogP contribution in [0.3, 0.4) is 0 Å². The molecule has 0 radical (unpaired) electrons. The molecule has 5 heterocycles. The molecule has 2 aromatic heterocycles.